The van der Waals surface area contributed by atoms with Crippen LogP contribution in [-0.2, 0) is 4.79 Å². The van der Waals surface area contributed by atoms with E-state index < -0.39 is 17.6 Å². The Morgan fingerprint density at radius 1 is 1.29 bits per heavy atom. The molecule has 0 aliphatic heterocycles. The summed E-state index contributed by atoms with van der Waals surface area (Å²) in [5, 5.41) is 3.25. The van der Waals surface area contributed by atoms with Gasteiger partial charge in [0.2, 0.25) is 0 Å². The maximum Gasteiger partial charge on any atom is 0.349 e. The van der Waals surface area contributed by atoms with E-state index in [4.69, 9.17) is 4.42 Å². The Hall–Kier alpha value is -2.47. The second-order valence-electron chi connectivity index (χ2n) is 5.20. The molecular weight excluding hydrogens is 308 g/mol. The van der Waals surface area contributed by atoms with Crippen LogP contribution in [0.1, 0.15) is 43.0 Å². The minimum atomic E-state index is -0.700. The molecule has 1 heterocycles. The lowest BCUT2D eigenvalue weighted by molar-refractivity contribution is -0.109. The number of hydrogen-bond acceptors (Lipinski definition) is 5. The largest absolute Gasteiger partial charge is 0.422 e. The van der Waals surface area contributed by atoms with Gasteiger partial charge in [0.15, 0.2) is 0 Å². The highest BCUT2D eigenvalue weighted by molar-refractivity contribution is 5.97. The van der Waals surface area contributed by atoms with Crippen LogP contribution in [0, 0.1) is 0 Å². The van der Waals surface area contributed by atoms with Crippen molar-refractivity contribution in [2.75, 3.05) is 7.05 Å². The Morgan fingerprint density at radius 3 is 2.67 bits per heavy atom. The second kappa shape index (κ2) is 10.3. The zero-order valence-corrected chi connectivity index (χ0v) is 14.1. The molecule has 24 heavy (non-hydrogen) atoms. The van der Waals surface area contributed by atoms with Gasteiger partial charge >= 0.3 is 5.63 Å². The van der Waals surface area contributed by atoms with E-state index in [0.717, 1.165) is 19.3 Å². The van der Waals surface area contributed by atoms with E-state index in [-0.39, 0.29) is 5.56 Å². The van der Waals surface area contributed by atoms with Crippen molar-refractivity contribution in [3.8, 4) is 0 Å². The lowest BCUT2D eigenvalue weighted by Gasteiger charge is -2.12. The first-order valence-corrected chi connectivity index (χ1v) is 8.02. The number of amides is 1. The molecule has 0 bridgehead atoms. The van der Waals surface area contributed by atoms with Gasteiger partial charge in [0.25, 0.3) is 5.91 Å². The second-order valence-corrected chi connectivity index (χ2v) is 5.20. The molecule has 2 aromatic rings. The molecule has 0 aliphatic carbocycles. The summed E-state index contributed by atoms with van der Waals surface area (Å²) in [5.41, 5.74) is 4.15. The highest BCUT2D eigenvalue weighted by atomic mass is 16.4. The molecule has 1 aromatic heterocycles. The van der Waals surface area contributed by atoms with E-state index >= 15 is 0 Å². The molecule has 130 valence electrons. The van der Waals surface area contributed by atoms with Crippen molar-refractivity contribution in [2.45, 2.75) is 38.6 Å². The van der Waals surface area contributed by atoms with Crippen LogP contribution in [0.15, 0.2) is 39.5 Å². The summed E-state index contributed by atoms with van der Waals surface area (Å²) < 4.78 is 5.12. The number of carbonyl (C=O) groups excluding carboxylic acids is 2. The molecule has 0 aliphatic rings. The molecule has 1 atom stereocenters. The molecule has 0 spiro atoms. The first-order chi connectivity index (χ1) is 11.7. The fourth-order valence-electron chi connectivity index (χ4n) is 2.25. The predicted molar refractivity (Wildman–Crippen MR) is 94.1 cm³/mol. The Labute approximate surface area is 141 Å². The quantitative estimate of drug-likeness (QED) is 0.460. The summed E-state index contributed by atoms with van der Waals surface area (Å²) >= 11 is 0. The van der Waals surface area contributed by atoms with E-state index in [1.165, 1.54) is 13.1 Å². The third kappa shape index (κ3) is 5.31. The molecule has 6 heteroatoms. The van der Waals surface area contributed by atoms with Gasteiger partial charge < -0.3 is 20.3 Å². The van der Waals surface area contributed by atoms with Crippen molar-refractivity contribution in [1.29, 1.82) is 0 Å². The van der Waals surface area contributed by atoms with Crippen LogP contribution in [0.25, 0.3) is 11.0 Å². The van der Waals surface area contributed by atoms with E-state index in [0.29, 0.717) is 23.7 Å². The van der Waals surface area contributed by atoms with Crippen LogP contribution < -0.4 is 16.7 Å². The zero-order valence-electron chi connectivity index (χ0n) is 14.1. The van der Waals surface area contributed by atoms with Gasteiger partial charge in [-0.1, -0.05) is 44.4 Å². The predicted octanol–water partition coefficient (Wildman–Crippen LogP) is 2.25. The van der Waals surface area contributed by atoms with Gasteiger partial charge in [0, 0.05) is 5.39 Å². The normalized spacial score (nSPS) is 11.3. The molecule has 0 saturated heterocycles. The van der Waals surface area contributed by atoms with Crippen molar-refractivity contribution >= 4 is 23.2 Å². The number of aldehydes is 1. The number of benzene rings is 1. The smallest absolute Gasteiger partial charge is 0.349 e. The van der Waals surface area contributed by atoms with E-state index in [2.05, 4.69) is 18.0 Å². The van der Waals surface area contributed by atoms with Crippen molar-refractivity contribution in [3.05, 3.63) is 46.3 Å². The highest BCUT2D eigenvalue weighted by Crippen LogP contribution is 2.12. The lowest BCUT2D eigenvalue weighted by Crippen LogP contribution is -2.38. The van der Waals surface area contributed by atoms with Gasteiger partial charge in [-0.3, -0.25) is 4.79 Å². The number of hydrogen-bond donors (Lipinski definition) is 2. The van der Waals surface area contributed by atoms with Crippen molar-refractivity contribution < 1.29 is 14.0 Å². The summed E-state index contributed by atoms with van der Waals surface area (Å²) in [7, 11) is 1.50. The third-order valence-electron chi connectivity index (χ3n) is 3.49. The van der Waals surface area contributed by atoms with E-state index in [9.17, 15) is 14.4 Å². The number of nitrogens with one attached hydrogen (secondary N) is 1. The van der Waals surface area contributed by atoms with Crippen LogP contribution in [0.3, 0.4) is 0 Å². The van der Waals surface area contributed by atoms with Crippen LogP contribution in [0.4, 0.5) is 0 Å². The fourth-order valence-corrected chi connectivity index (χ4v) is 2.25. The molecule has 0 fully saturated rings. The number of rotatable bonds is 7. The van der Waals surface area contributed by atoms with E-state index in [1.807, 2.05) is 0 Å². The van der Waals surface area contributed by atoms with Crippen molar-refractivity contribution in [3.63, 3.8) is 0 Å². The third-order valence-corrected chi connectivity index (χ3v) is 3.49. The standard InChI is InChI=1S/C17H19NO4.CH5N/c1-2-3-4-8-13(11-19)18-16(20)14-10-12-7-5-6-9-15(12)22-17(14)21;1-2/h5-7,9-11,13H,2-4,8H2,1H3,(H,18,20);2H2,1H3. The average molecular weight is 332 g/mol. The molecule has 2 rings (SSSR count). The van der Waals surface area contributed by atoms with Gasteiger partial charge in [-0.25, -0.2) is 4.79 Å². The Bertz CT molecular complexity index is 724. The first-order valence-electron chi connectivity index (χ1n) is 8.02. The van der Waals surface area contributed by atoms with Crippen LogP contribution in [-0.4, -0.2) is 25.3 Å². The minimum Gasteiger partial charge on any atom is -0.422 e. The number of fused-ring (bicyclic) bond motifs is 1. The highest BCUT2D eigenvalue weighted by Gasteiger charge is 2.17. The number of unbranched alkanes of at least 4 members (excludes halogenated alkanes) is 2. The van der Waals surface area contributed by atoms with Gasteiger partial charge in [-0.15, -0.1) is 0 Å². The molecule has 1 aromatic carbocycles. The van der Waals surface area contributed by atoms with Gasteiger partial charge in [0.05, 0.1) is 6.04 Å². The maximum absolute atomic E-state index is 12.2. The van der Waals surface area contributed by atoms with Gasteiger partial charge in [0.1, 0.15) is 17.4 Å². The molecule has 3 N–H and O–H groups in total. The van der Waals surface area contributed by atoms with Crippen molar-refractivity contribution in [2.24, 2.45) is 5.73 Å². The molecule has 0 radical (unpaired) electrons. The van der Waals surface area contributed by atoms with Gasteiger partial charge in [-0.2, -0.15) is 0 Å². The lowest BCUT2D eigenvalue weighted by atomic mass is 10.1. The van der Waals surface area contributed by atoms with Crippen LogP contribution in [0.2, 0.25) is 0 Å². The van der Waals surface area contributed by atoms with E-state index in [1.54, 1.807) is 24.3 Å². The van der Waals surface area contributed by atoms with Gasteiger partial charge in [-0.05, 0) is 25.6 Å². The summed E-state index contributed by atoms with van der Waals surface area (Å²) in [5.74, 6) is -0.576. The van der Waals surface area contributed by atoms with Crippen LogP contribution in [0.5, 0.6) is 0 Å². The maximum atomic E-state index is 12.2. The molecule has 1 unspecified atom stereocenters. The molecule has 6 nitrogen and oxygen atoms in total. The average Bonchev–Trinajstić information content (AvgIpc) is 2.62. The Morgan fingerprint density at radius 2 is 2.00 bits per heavy atom. The number of para-hydroxylation sites is 1. The molecule has 1 amide bonds. The van der Waals surface area contributed by atoms with Crippen LogP contribution >= 0.6 is 0 Å². The monoisotopic (exact) mass is 332 g/mol. The fraction of sp³-hybridized carbons (Fsp3) is 0.389. The summed E-state index contributed by atoms with van der Waals surface area (Å²) in [6.45, 7) is 2.06. The number of carbonyl (C=O) groups is 2. The Kier molecular flexibility index (Phi) is 8.43. The summed E-state index contributed by atoms with van der Waals surface area (Å²) in [4.78, 5) is 35.1. The SMILES string of the molecule is CCCCCC(C=O)NC(=O)c1cc2ccccc2oc1=O.CN. The topological polar surface area (TPSA) is 102 Å². The minimum absolute atomic E-state index is 0.0824. The zero-order chi connectivity index (χ0) is 17.9. The first kappa shape index (κ1) is 19.6. The summed E-state index contributed by atoms with van der Waals surface area (Å²) in [6, 6.07) is 7.88. The number of nitrogens with two attached hydrogens (primary N) is 1. The van der Waals surface area contributed by atoms with Crippen molar-refractivity contribution in [1.82, 2.24) is 5.32 Å². The molecule has 0 saturated carbocycles. The molecular formula is C18H24N2O4. The summed E-state index contributed by atoms with van der Waals surface area (Å²) in [6.07, 6.45) is 4.16. The Balaban J connectivity index is 0.00000139.